The second-order valence-electron chi connectivity index (χ2n) is 4.58. The van der Waals surface area contributed by atoms with E-state index in [4.69, 9.17) is 5.11 Å². The lowest BCUT2D eigenvalue weighted by atomic mass is 10.1. The molecule has 0 aliphatic carbocycles. The number of carbonyl (C=O) groups is 2. The fraction of sp³-hybridized carbons (Fsp3) is 0.133. The van der Waals surface area contributed by atoms with Gasteiger partial charge in [0.25, 0.3) is 5.91 Å². The molecule has 0 radical (unpaired) electrons. The van der Waals surface area contributed by atoms with Crippen LogP contribution in [0.1, 0.15) is 32.1 Å². The zero-order chi connectivity index (χ0) is 15.6. The molecule has 1 heterocycles. The number of benzene rings is 1. The van der Waals surface area contributed by atoms with E-state index in [-0.39, 0.29) is 11.4 Å². The van der Waals surface area contributed by atoms with Gasteiger partial charge in [0.15, 0.2) is 0 Å². The van der Waals surface area contributed by atoms with Gasteiger partial charge in [-0.05, 0) is 49.2 Å². The molecular weight excluding hydrogens is 336 g/mol. The first kappa shape index (κ1) is 15.2. The zero-order valence-electron chi connectivity index (χ0n) is 11.5. The van der Waals surface area contributed by atoms with Crippen molar-refractivity contribution in [3.05, 3.63) is 57.3 Å². The summed E-state index contributed by atoms with van der Waals surface area (Å²) in [6, 6.07) is 8.10. The molecule has 6 heteroatoms. The lowest BCUT2D eigenvalue weighted by Crippen LogP contribution is -2.16. The van der Waals surface area contributed by atoms with Crippen molar-refractivity contribution in [2.45, 2.75) is 13.8 Å². The van der Waals surface area contributed by atoms with E-state index in [0.717, 1.165) is 15.6 Å². The average Bonchev–Trinajstić information content (AvgIpc) is 2.42. The van der Waals surface area contributed by atoms with Crippen LogP contribution in [0.5, 0.6) is 0 Å². The molecule has 0 saturated heterocycles. The van der Waals surface area contributed by atoms with Crippen molar-refractivity contribution in [3.63, 3.8) is 0 Å². The summed E-state index contributed by atoms with van der Waals surface area (Å²) in [6.07, 6.45) is 0. The quantitative estimate of drug-likeness (QED) is 0.890. The number of aromatic nitrogens is 1. The van der Waals surface area contributed by atoms with E-state index in [9.17, 15) is 9.59 Å². The van der Waals surface area contributed by atoms with Gasteiger partial charge in [-0.25, -0.2) is 9.78 Å². The molecule has 0 aliphatic rings. The van der Waals surface area contributed by atoms with E-state index in [0.29, 0.717) is 5.69 Å². The first-order chi connectivity index (χ1) is 9.88. The molecule has 2 N–H and O–H groups in total. The summed E-state index contributed by atoms with van der Waals surface area (Å²) < 4.78 is 0.932. The highest BCUT2D eigenvalue weighted by Gasteiger charge is 2.14. The van der Waals surface area contributed by atoms with Gasteiger partial charge in [0.1, 0.15) is 11.4 Å². The average molecular weight is 349 g/mol. The highest BCUT2D eigenvalue weighted by atomic mass is 79.9. The number of carboxylic acids is 1. The van der Waals surface area contributed by atoms with Crippen LogP contribution in [-0.2, 0) is 0 Å². The molecule has 2 aromatic rings. The topological polar surface area (TPSA) is 79.3 Å². The van der Waals surface area contributed by atoms with Crippen molar-refractivity contribution in [3.8, 4) is 0 Å². The maximum atomic E-state index is 12.2. The van der Waals surface area contributed by atoms with E-state index in [1.54, 1.807) is 0 Å². The van der Waals surface area contributed by atoms with Crippen LogP contribution in [0, 0.1) is 13.8 Å². The van der Waals surface area contributed by atoms with Crippen LogP contribution >= 0.6 is 15.9 Å². The molecule has 108 valence electrons. The maximum Gasteiger partial charge on any atom is 0.354 e. The minimum Gasteiger partial charge on any atom is -0.477 e. The molecule has 1 amide bonds. The Morgan fingerprint density at radius 2 is 1.71 bits per heavy atom. The summed E-state index contributed by atoms with van der Waals surface area (Å²) >= 11 is 3.39. The number of carbonyl (C=O) groups excluding carboxylic acids is 1. The van der Waals surface area contributed by atoms with Gasteiger partial charge >= 0.3 is 5.97 Å². The number of rotatable bonds is 3. The number of anilines is 1. The minimum atomic E-state index is -1.17. The van der Waals surface area contributed by atoms with E-state index in [2.05, 4.69) is 26.2 Å². The SMILES string of the molecule is Cc1cc(Br)cc(C)c1NC(=O)c1cccc(C(=O)O)n1. The molecular formula is C15H13BrN2O3. The standard InChI is InChI=1S/C15H13BrN2O3/c1-8-6-10(16)7-9(2)13(8)18-14(19)11-4-3-5-12(17-11)15(20)21/h3-7H,1-2H3,(H,18,19)(H,20,21). The summed E-state index contributed by atoms with van der Waals surface area (Å²) in [5.41, 5.74) is 2.42. The van der Waals surface area contributed by atoms with Crippen LogP contribution < -0.4 is 5.32 Å². The maximum absolute atomic E-state index is 12.2. The molecule has 5 nitrogen and oxygen atoms in total. The second-order valence-corrected chi connectivity index (χ2v) is 5.50. The highest BCUT2D eigenvalue weighted by molar-refractivity contribution is 9.10. The Morgan fingerprint density at radius 3 is 2.29 bits per heavy atom. The fourth-order valence-electron chi connectivity index (χ4n) is 1.97. The molecule has 1 aromatic carbocycles. The number of carboxylic acid groups (broad SMARTS) is 1. The number of aromatic carboxylic acids is 1. The molecule has 0 unspecified atom stereocenters. The zero-order valence-corrected chi connectivity index (χ0v) is 13.1. The van der Waals surface area contributed by atoms with Gasteiger partial charge in [-0.1, -0.05) is 22.0 Å². The third-order valence-corrected chi connectivity index (χ3v) is 3.39. The van der Waals surface area contributed by atoms with Gasteiger partial charge in [-0.2, -0.15) is 0 Å². The first-order valence-corrected chi connectivity index (χ1v) is 6.96. The van der Waals surface area contributed by atoms with Crippen molar-refractivity contribution >= 4 is 33.5 Å². The number of pyridine rings is 1. The molecule has 1 aromatic heterocycles. The number of halogens is 1. The molecule has 0 fully saturated rings. The first-order valence-electron chi connectivity index (χ1n) is 6.17. The van der Waals surface area contributed by atoms with Gasteiger partial charge in [-0.3, -0.25) is 4.79 Å². The second kappa shape index (κ2) is 6.05. The predicted molar refractivity (Wildman–Crippen MR) is 82.8 cm³/mol. The number of aryl methyl sites for hydroxylation is 2. The Morgan fingerprint density at radius 1 is 1.14 bits per heavy atom. The Kier molecular flexibility index (Phi) is 4.37. The summed E-state index contributed by atoms with van der Waals surface area (Å²) in [5.74, 6) is -1.60. The molecule has 0 saturated carbocycles. The Bertz CT molecular complexity index is 706. The Hall–Kier alpha value is -2.21. The van der Waals surface area contributed by atoms with Crippen molar-refractivity contribution in [1.29, 1.82) is 0 Å². The largest absolute Gasteiger partial charge is 0.477 e. The minimum absolute atomic E-state index is 0.0663. The summed E-state index contributed by atoms with van der Waals surface area (Å²) in [4.78, 5) is 26.9. The van der Waals surface area contributed by atoms with Gasteiger partial charge in [-0.15, -0.1) is 0 Å². The van der Waals surface area contributed by atoms with Crippen molar-refractivity contribution < 1.29 is 14.7 Å². The summed E-state index contributed by atoms with van der Waals surface area (Å²) in [7, 11) is 0. The molecule has 0 atom stereocenters. The van der Waals surface area contributed by atoms with Crippen LogP contribution in [0.4, 0.5) is 5.69 Å². The molecule has 2 rings (SSSR count). The lowest BCUT2D eigenvalue weighted by Gasteiger charge is -2.12. The molecule has 0 bridgehead atoms. The third-order valence-electron chi connectivity index (χ3n) is 2.94. The summed E-state index contributed by atoms with van der Waals surface area (Å²) in [5, 5.41) is 11.7. The number of hydrogen-bond donors (Lipinski definition) is 2. The van der Waals surface area contributed by atoms with Crippen molar-refractivity contribution in [2.75, 3.05) is 5.32 Å². The number of hydrogen-bond acceptors (Lipinski definition) is 3. The molecule has 0 aliphatic heterocycles. The van der Waals surface area contributed by atoms with E-state index in [1.165, 1.54) is 18.2 Å². The van der Waals surface area contributed by atoms with Gasteiger partial charge < -0.3 is 10.4 Å². The monoisotopic (exact) mass is 348 g/mol. The van der Waals surface area contributed by atoms with Gasteiger partial charge in [0.2, 0.25) is 0 Å². The highest BCUT2D eigenvalue weighted by Crippen LogP contribution is 2.25. The van der Waals surface area contributed by atoms with Gasteiger partial charge in [0.05, 0.1) is 0 Å². The smallest absolute Gasteiger partial charge is 0.354 e. The normalized spacial score (nSPS) is 10.2. The fourth-order valence-corrected chi connectivity index (χ4v) is 2.65. The van der Waals surface area contributed by atoms with Crippen molar-refractivity contribution in [2.24, 2.45) is 0 Å². The van der Waals surface area contributed by atoms with Crippen LogP contribution in [0.2, 0.25) is 0 Å². The Labute approximate surface area is 130 Å². The lowest BCUT2D eigenvalue weighted by molar-refractivity contribution is 0.0690. The van der Waals surface area contributed by atoms with Crippen LogP contribution in [-0.4, -0.2) is 22.0 Å². The van der Waals surface area contributed by atoms with Crippen LogP contribution in [0.15, 0.2) is 34.8 Å². The van der Waals surface area contributed by atoms with E-state index in [1.807, 2.05) is 26.0 Å². The van der Waals surface area contributed by atoms with Crippen LogP contribution in [0.25, 0.3) is 0 Å². The summed E-state index contributed by atoms with van der Waals surface area (Å²) in [6.45, 7) is 3.77. The molecule has 0 spiro atoms. The number of nitrogens with zero attached hydrogens (tertiary/aromatic N) is 1. The number of amides is 1. The van der Waals surface area contributed by atoms with E-state index < -0.39 is 11.9 Å². The third kappa shape index (κ3) is 3.46. The molecule has 21 heavy (non-hydrogen) atoms. The van der Waals surface area contributed by atoms with E-state index >= 15 is 0 Å². The van der Waals surface area contributed by atoms with Crippen LogP contribution in [0.3, 0.4) is 0 Å². The van der Waals surface area contributed by atoms with Gasteiger partial charge in [0, 0.05) is 10.2 Å². The Balaban J connectivity index is 2.30. The number of nitrogens with one attached hydrogen (secondary N) is 1. The van der Waals surface area contributed by atoms with Crippen molar-refractivity contribution in [1.82, 2.24) is 4.98 Å². The predicted octanol–water partition coefficient (Wildman–Crippen LogP) is 3.41.